The van der Waals surface area contributed by atoms with Crippen molar-refractivity contribution in [3.63, 3.8) is 0 Å². The van der Waals surface area contributed by atoms with Gasteiger partial charge in [0.2, 0.25) is 0 Å². The summed E-state index contributed by atoms with van der Waals surface area (Å²) in [6.07, 6.45) is 1.00. The molecule has 1 amide bonds. The van der Waals surface area contributed by atoms with Crippen molar-refractivity contribution in [2.75, 3.05) is 7.05 Å². The molecular weight excluding hydrogens is 182 g/mol. The highest BCUT2D eigenvalue weighted by molar-refractivity contribution is 5.92. The van der Waals surface area contributed by atoms with Gasteiger partial charge in [-0.05, 0) is 19.9 Å². The quantitative estimate of drug-likeness (QED) is 0.726. The summed E-state index contributed by atoms with van der Waals surface area (Å²) in [6.45, 7) is 3.48. The van der Waals surface area contributed by atoms with E-state index in [1.54, 1.807) is 26.2 Å². The zero-order valence-electron chi connectivity index (χ0n) is 8.56. The number of carbonyl (C=O) groups is 1. The van der Waals surface area contributed by atoms with Crippen LogP contribution in [0.5, 0.6) is 0 Å². The van der Waals surface area contributed by atoms with E-state index in [2.05, 4.69) is 10.4 Å². The highest BCUT2D eigenvalue weighted by Gasteiger charge is 2.18. The summed E-state index contributed by atoms with van der Waals surface area (Å²) < 4.78 is 1.52. The highest BCUT2D eigenvalue weighted by Crippen LogP contribution is 2.12. The summed E-state index contributed by atoms with van der Waals surface area (Å²) in [5, 5.41) is 15.9. The predicted molar refractivity (Wildman–Crippen MR) is 52.0 cm³/mol. The van der Waals surface area contributed by atoms with Crippen molar-refractivity contribution in [2.24, 2.45) is 0 Å². The molecule has 0 spiro atoms. The molecule has 1 aromatic rings. The molecule has 5 heteroatoms. The standard InChI is InChI=1S/C9H15N3O2/c1-6(7(2)13)12-8(4-5-11-12)9(14)10-3/h4-7,13H,1-3H3,(H,10,14). The minimum atomic E-state index is -0.543. The molecule has 0 bridgehead atoms. The summed E-state index contributed by atoms with van der Waals surface area (Å²) in [7, 11) is 1.56. The van der Waals surface area contributed by atoms with Gasteiger partial charge in [0.05, 0.1) is 12.1 Å². The maximum absolute atomic E-state index is 11.4. The Balaban J connectivity index is 2.98. The van der Waals surface area contributed by atoms with Gasteiger partial charge in [0, 0.05) is 13.2 Å². The third-order valence-corrected chi connectivity index (χ3v) is 2.21. The van der Waals surface area contributed by atoms with Gasteiger partial charge in [-0.15, -0.1) is 0 Å². The number of nitrogens with one attached hydrogen (secondary N) is 1. The van der Waals surface area contributed by atoms with Gasteiger partial charge in [-0.25, -0.2) is 0 Å². The Hall–Kier alpha value is -1.36. The molecule has 14 heavy (non-hydrogen) atoms. The van der Waals surface area contributed by atoms with Crippen LogP contribution >= 0.6 is 0 Å². The lowest BCUT2D eigenvalue weighted by Crippen LogP contribution is -2.27. The number of aliphatic hydroxyl groups is 1. The molecule has 1 aromatic heterocycles. The average molecular weight is 197 g/mol. The van der Waals surface area contributed by atoms with E-state index in [1.807, 2.05) is 6.92 Å². The van der Waals surface area contributed by atoms with Gasteiger partial charge < -0.3 is 10.4 Å². The van der Waals surface area contributed by atoms with Crippen molar-refractivity contribution in [2.45, 2.75) is 26.0 Å². The van der Waals surface area contributed by atoms with Gasteiger partial charge in [-0.3, -0.25) is 9.48 Å². The van der Waals surface area contributed by atoms with Gasteiger partial charge in [0.1, 0.15) is 5.69 Å². The fraction of sp³-hybridized carbons (Fsp3) is 0.556. The average Bonchev–Trinajstić information content (AvgIpc) is 2.63. The van der Waals surface area contributed by atoms with Crippen molar-refractivity contribution in [3.8, 4) is 0 Å². The largest absolute Gasteiger partial charge is 0.391 e. The van der Waals surface area contributed by atoms with Crippen LogP contribution in [0.2, 0.25) is 0 Å². The summed E-state index contributed by atoms with van der Waals surface area (Å²) in [4.78, 5) is 11.4. The van der Waals surface area contributed by atoms with Gasteiger partial charge in [-0.2, -0.15) is 5.10 Å². The molecule has 0 radical (unpaired) electrons. The first kappa shape index (κ1) is 10.7. The molecule has 2 atom stereocenters. The maximum atomic E-state index is 11.4. The van der Waals surface area contributed by atoms with Crippen LogP contribution in [0.15, 0.2) is 12.3 Å². The van der Waals surface area contributed by atoms with Crippen molar-refractivity contribution in [3.05, 3.63) is 18.0 Å². The zero-order chi connectivity index (χ0) is 10.7. The molecule has 78 valence electrons. The first-order chi connectivity index (χ1) is 6.57. The van der Waals surface area contributed by atoms with E-state index in [-0.39, 0.29) is 11.9 Å². The number of carbonyl (C=O) groups excluding carboxylic acids is 1. The van der Waals surface area contributed by atoms with Crippen LogP contribution in [0.1, 0.15) is 30.4 Å². The second-order valence-corrected chi connectivity index (χ2v) is 3.22. The van der Waals surface area contributed by atoms with Crippen LogP contribution in [-0.4, -0.2) is 33.9 Å². The predicted octanol–water partition coefficient (Wildman–Crippen LogP) is 0.185. The molecule has 1 rings (SSSR count). The van der Waals surface area contributed by atoms with Crippen LogP contribution in [0.3, 0.4) is 0 Å². The van der Waals surface area contributed by atoms with E-state index in [1.165, 1.54) is 4.68 Å². The van der Waals surface area contributed by atoms with E-state index in [0.29, 0.717) is 5.69 Å². The SMILES string of the molecule is CNC(=O)c1ccnn1C(C)C(C)O. The van der Waals surface area contributed by atoms with Crippen molar-refractivity contribution < 1.29 is 9.90 Å². The third-order valence-electron chi connectivity index (χ3n) is 2.21. The summed E-state index contributed by atoms with van der Waals surface area (Å²) in [6, 6.07) is 1.41. The summed E-state index contributed by atoms with van der Waals surface area (Å²) in [5.74, 6) is -0.199. The molecule has 2 unspecified atom stereocenters. The highest BCUT2D eigenvalue weighted by atomic mass is 16.3. The van der Waals surface area contributed by atoms with Gasteiger partial charge in [-0.1, -0.05) is 0 Å². The molecule has 0 aliphatic rings. The molecule has 0 aliphatic heterocycles. The third kappa shape index (κ3) is 1.93. The van der Waals surface area contributed by atoms with E-state index in [9.17, 15) is 9.90 Å². The van der Waals surface area contributed by atoms with Crippen LogP contribution in [0.25, 0.3) is 0 Å². The number of aliphatic hydroxyl groups excluding tert-OH is 1. The van der Waals surface area contributed by atoms with E-state index >= 15 is 0 Å². The molecule has 1 heterocycles. The molecule has 0 aliphatic carbocycles. The topological polar surface area (TPSA) is 67.2 Å². The molecule has 0 fully saturated rings. The van der Waals surface area contributed by atoms with Crippen LogP contribution in [-0.2, 0) is 0 Å². The molecular formula is C9H15N3O2. The number of aromatic nitrogens is 2. The lowest BCUT2D eigenvalue weighted by molar-refractivity contribution is 0.0931. The zero-order valence-corrected chi connectivity index (χ0v) is 8.56. The van der Waals surface area contributed by atoms with Gasteiger partial charge >= 0.3 is 0 Å². The summed E-state index contributed by atoms with van der Waals surface area (Å²) >= 11 is 0. The fourth-order valence-electron chi connectivity index (χ4n) is 1.15. The Labute approximate surface area is 82.7 Å². The van der Waals surface area contributed by atoms with Crippen LogP contribution in [0, 0.1) is 0 Å². The molecule has 0 aromatic carbocycles. The van der Waals surface area contributed by atoms with E-state index in [4.69, 9.17) is 0 Å². The van der Waals surface area contributed by atoms with Gasteiger partial charge in [0.25, 0.3) is 5.91 Å². The number of amides is 1. The number of hydrogen-bond donors (Lipinski definition) is 2. The molecule has 0 saturated heterocycles. The second-order valence-electron chi connectivity index (χ2n) is 3.22. The Morgan fingerprint density at radius 2 is 2.29 bits per heavy atom. The minimum absolute atomic E-state index is 0.199. The van der Waals surface area contributed by atoms with Crippen molar-refractivity contribution >= 4 is 5.91 Å². The van der Waals surface area contributed by atoms with Crippen molar-refractivity contribution in [1.29, 1.82) is 0 Å². The smallest absolute Gasteiger partial charge is 0.269 e. The minimum Gasteiger partial charge on any atom is -0.391 e. The first-order valence-corrected chi connectivity index (χ1v) is 4.51. The number of hydrogen-bond acceptors (Lipinski definition) is 3. The summed E-state index contributed by atoms with van der Waals surface area (Å²) in [5.41, 5.74) is 0.459. The Morgan fingerprint density at radius 3 is 2.79 bits per heavy atom. The maximum Gasteiger partial charge on any atom is 0.269 e. The van der Waals surface area contributed by atoms with E-state index < -0.39 is 6.10 Å². The lowest BCUT2D eigenvalue weighted by atomic mass is 10.2. The monoisotopic (exact) mass is 197 g/mol. The lowest BCUT2D eigenvalue weighted by Gasteiger charge is -2.17. The normalized spacial score (nSPS) is 14.9. The first-order valence-electron chi connectivity index (χ1n) is 4.51. The van der Waals surface area contributed by atoms with Crippen molar-refractivity contribution in [1.82, 2.24) is 15.1 Å². The van der Waals surface area contributed by atoms with Gasteiger partial charge in [0.15, 0.2) is 0 Å². The second kappa shape index (κ2) is 4.23. The molecule has 2 N–H and O–H groups in total. The Bertz CT molecular complexity index is 320. The number of nitrogens with zero attached hydrogens (tertiary/aromatic N) is 2. The molecule has 5 nitrogen and oxygen atoms in total. The van der Waals surface area contributed by atoms with Crippen LogP contribution in [0.4, 0.5) is 0 Å². The molecule has 0 saturated carbocycles. The Kier molecular flexibility index (Phi) is 3.24. The Morgan fingerprint density at radius 1 is 1.64 bits per heavy atom. The van der Waals surface area contributed by atoms with Crippen LogP contribution < -0.4 is 5.32 Å². The fourth-order valence-corrected chi connectivity index (χ4v) is 1.15. The number of rotatable bonds is 3. The van der Waals surface area contributed by atoms with E-state index in [0.717, 1.165) is 0 Å².